The first-order valence-corrected chi connectivity index (χ1v) is 9.64. The largest absolute Gasteiger partial charge is 0.339 e. The number of hydrogen-bond donors (Lipinski definition) is 2. The van der Waals surface area contributed by atoms with Gasteiger partial charge in [-0.2, -0.15) is 0 Å². The Bertz CT molecular complexity index is 923. The number of nitrogens with zero attached hydrogens (tertiary/aromatic N) is 2. The lowest BCUT2D eigenvalue weighted by Crippen LogP contribution is -2.46. The normalized spacial score (nSPS) is 12.0. The van der Waals surface area contributed by atoms with E-state index in [1.165, 1.54) is 11.3 Å². The van der Waals surface area contributed by atoms with Gasteiger partial charge in [-0.25, -0.2) is 4.98 Å². The number of carbonyl (C=O) groups is 2. The second-order valence-electron chi connectivity index (χ2n) is 6.30. The van der Waals surface area contributed by atoms with Gasteiger partial charge in [-0.3, -0.25) is 9.59 Å². The zero-order valence-corrected chi connectivity index (χ0v) is 16.4. The number of amides is 2. The van der Waals surface area contributed by atoms with Gasteiger partial charge in [-0.15, -0.1) is 11.3 Å². The van der Waals surface area contributed by atoms with Crippen LogP contribution in [0, 0.1) is 5.92 Å². The molecule has 3 aromatic rings. The molecule has 0 spiro atoms. The molecule has 0 aliphatic heterocycles. The first-order valence-electron chi connectivity index (χ1n) is 8.39. The molecule has 2 heterocycles. The summed E-state index contributed by atoms with van der Waals surface area (Å²) in [4.78, 5) is 29.6. The molecular formula is C19H19ClN4O2S. The van der Waals surface area contributed by atoms with Crippen LogP contribution in [0.15, 0.2) is 54.4 Å². The Morgan fingerprint density at radius 2 is 2.07 bits per heavy atom. The van der Waals surface area contributed by atoms with Gasteiger partial charge in [0.25, 0.3) is 5.91 Å². The molecule has 3 rings (SSSR count). The van der Waals surface area contributed by atoms with E-state index in [1.807, 2.05) is 19.2 Å². The summed E-state index contributed by atoms with van der Waals surface area (Å²) in [7, 11) is 0. The molecule has 0 fully saturated rings. The number of anilines is 1. The predicted octanol–water partition coefficient (Wildman–Crippen LogP) is 3.98. The van der Waals surface area contributed by atoms with Crippen LogP contribution in [-0.2, 0) is 4.79 Å². The van der Waals surface area contributed by atoms with Crippen molar-refractivity contribution in [3.05, 3.63) is 64.3 Å². The van der Waals surface area contributed by atoms with Crippen molar-refractivity contribution >= 4 is 40.4 Å². The van der Waals surface area contributed by atoms with Crippen LogP contribution in [0.1, 0.15) is 23.5 Å². The van der Waals surface area contributed by atoms with Crippen molar-refractivity contribution in [1.29, 1.82) is 0 Å². The minimum atomic E-state index is -0.660. The van der Waals surface area contributed by atoms with E-state index in [2.05, 4.69) is 15.6 Å². The van der Waals surface area contributed by atoms with Gasteiger partial charge in [-0.05, 0) is 35.6 Å². The molecule has 2 amide bonds. The van der Waals surface area contributed by atoms with E-state index < -0.39 is 6.04 Å². The van der Waals surface area contributed by atoms with Crippen molar-refractivity contribution in [2.75, 3.05) is 5.32 Å². The second-order valence-corrected chi connectivity index (χ2v) is 7.65. The minimum Gasteiger partial charge on any atom is -0.339 e. The Morgan fingerprint density at radius 3 is 2.67 bits per heavy atom. The topological polar surface area (TPSA) is 76.0 Å². The fraction of sp³-hybridized carbons (Fsp3) is 0.211. The molecular weight excluding hydrogens is 384 g/mol. The second kappa shape index (κ2) is 8.37. The molecule has 2 N–H and O–H groups in total. The average Bonchev–Trinajstić information content (AvgIpc) is 3.32. The molecule has 0 saturated carbocycles. The van der Waals surface area contributed by atoms with Crippen LogP contribution >= 0.6 is 22.9 Å². The van der Waals surface area contributed by atoms with E-state index in [-0.39, 0.29) is 17.7 Å². The van der Waals surface area contributed by atoms with Gasteiger partial charge in [0.15, 0.2) is 0 Å². The van der Waals surface area contributed by atoms with Gasteiger partial charge in [0.2, 0.25) is 5.91 Å². The number of imidazole rings is 1. The van der Waals surface area contributed by atoms with Gasteiger partial charge in [-0.1, -0.05) is 31.5 Å². The molecule has 2 aromatic heterocycles. The number of hydrogen-bond acceptors (Lipinski definition) is 4. The molecule has 140 valence electrons. The zero-order chi connectivity index (χ0) is 19.4. The number of benzene rings is 1. The Labute approximate surface area is 166 Å². The smallest absolute Gasteiger partial charge is 0.262 e. The Hall–Kier alpha value is -2.64. The highest BCUT2D eigenvalue weighted by Gasteiger charge is 2.25. The van der Waals surface area contributed by atoms with E-state index in [9.17, 15) is 9.59 Å². The molecule has 8 heteroatoms. The number of halogens is 1. The molecule has 6 nitrogen and oxygen atoms in total. The van der Waals surface area contributed by atoms with Crippen molar-refractivity contribution in [2.24, 2.45) is 5.92 Å². The third-order valence-electron chi connectivity index (χ3n) is 3.98. The molecule has 1 unspecified atom stereocenters. The number of nitrogens with one attached hydrogen (secondary N) is 2. The summed E-state index contributed by atoms with van der Waals surface area (Å²) in [5.74, 6) is -0.622. The summed E-state index contributed by atoms with van der Waals surface area (Å²) < 4.78 is 1.78. The maximum atomic E-state index is 12.7. The average molecular weight is 403 g/mol. The Morgan fingerprint density at radius 1 is 1.26 bits per heavy atom. The summed E-state index contributed by atoms with van der Waals surface area (Å²) in [6, 6.07) is 8.10. The molecule has 0 aliphatic carbocycles. The van der Waals surface area contributed by atoms with E-state index in [0.29, 0.717) is 15.6 Å². The highest BCUT2D eigenvalue weighted by molar-refractivity contribution is 7.12. The van der Waals surface area contributed by atoms with Crippen LogP contribution in [0.5, 0.6) is 0 Å². The van der Waals surface area contributed by atoms with Gasteiger partial charge in [0, 0.05) is 18.1 Å². The zero-order valence-electron chi connectivity index (χ0n) is 14.8. The van der Waals surface area contributed by atoms with Crippen LogP contribution in [0.2, 0.25) is 5.02 Å². The standard InChI is InChI=1S/C19H19ClN4O2S/c1-12(2)17(23-18(25)16-4-3-9-27-16)19(26)22-13-5-6-15(14(20)10-13)24-8-7-21-11-24/h3-12,17H,1-2H3,(H,22,26)(H,23,25). The fourth-order valence-electron chi connectivity index (χ4n) is 2.57. The summed E-state index contributed by atoms with van der Waals surface area (Å²) >= 11 is 7.66. The predicted molar refractivity (Wildman–Crippen MR) is 108 cm³/mol. The fourth-order valence-corrected chi connectivity index (χ4v) is 3.48. The van der Waals surface area contributed by atoms with Crippen molar-refractivity contribution in [3.63, 3.8) is 0 Å². The maximum absolute atomic E-state index is 12.7. The van der Waals surface area contributed by atoms with Crippen molar-refractivity contribution in [1.82, 2.24) is 14.9 Å². The summed E-state index contributed by atoms with van der Waals surface area (Å²) in [6.07, 6.45) is 5.10. The Balaban J connectivity index is 1.72. The van der Waals surface area contributed by atoms with Crippen molar-refractivity contribution in [2.45, 2.75) is 19.9 Å². The van der Waals surface area contributed by atoms with Gasteiger partial charge in [0.1, 0.15) is 6.04 Å². The first kappa shape index (κ1) is 19.1. The molecule has 0 saturated heterocycles. The molecule has 0 bridgehead atoms. The molecule has 1 atom stereocenters. The lowest BCUT2D eigenvalue weighted by molar-refractivity contribution is -0.118. The molecule has 0 radical (unpaired) electrons. The number of aromatic nitrogens is 2. The van der Waals surface area contributed by atoms with Gasteiger partial charge in [0.05, 0.1) is 21.9 Å². The molecule has 27 heavy (non-hydrogen) atoms. The highest BCUT2D eigenvalue weighted by Crippen LogP contribution is 2.24. The maximum Gasteiger partial charge on any atom is 0.262 e. The molecule has 1 aromatic carbocycles. The number of carbonyl (C=O) groups excluding carboxylic acids is 2. The van der Waals surface area contributed by atoms with Crippen LogP contribution < -0.4 is 10.6 Å². The van der Waals surface area contributed by atoms with E-state index in [4.69, 9.17) is 11.6 Å². The van der Waals surface area contributed by atoms with Gasteiger partial charge >= 0.3 is 0 Å². The SMILES string of the molecule is CC(C)C(NC(=O)c1cccs1)C(=O)Nc1ccc(-n2ccnc2)c(Cl)c1. The van der Waals surface area contributed by atoms with Crippen LogP contribution in [0.4, 0.5) is 5.69 Å². The summed E-state index contributed by atoms with van der Waals surface area (Å²) in [5.41, 5.74) is 1.32. The molecule has 0 aliphatic rings. The summed E-state index contributed by atoms with van der Waals surface area (Å²) in [5, 5.41) is 7.93. The lowest BCUT2D eigenvalue weighted by Gasteiger charge is -2.21. The summed E-state index contributed by atoms with van der Waals surface area (Å²) in [6.45, 7) is 3.77. The van der Waals surface area contributed by atoms with Gasteiger partial charge < -0.3 is 15.2 Å². The van der Waals surface area contributed by atoms with Crippen LogP contribution in [-0.4, -0.2) is 27.4 Å². The number of thiophene rings is 1. The highest BCUT2D eigenvalue weighted by atomic mass is 35.5. The van der Waals surface area contributed by atoms with E-state index in [0.717, 1.165) is 5.69 Å². The van der Waals surface area contributed by atoms with Crippen LogP contribution in [0.25, 0.3) is 5.69 Å². The third kappa shape index (κ3) is 4.56. The minimum absolute atomic E-state index is 0.0744. The van der Waals surface area contributed by atoms with Crippen molar-refractivity contribution in [3.8, 4) is 5.69 Å². The third-order valence-corrected chi connectivity index (χ3v) is 5.15. The van der Waals surface area contributed by atoms with Crippen LogP contribution in [0.3, 0.4) is 0 Å². The van der Waals surface area contributed by atoms with E-state index in [1.54, 1.807) is 53.6 Å². The quantitative estimate of drug-likeness (QED) is 0.654. The Kier molecular flexibility index (Phi) is 5.93. The van der Waals surface area contributed by atoms with E-state index >= 15 is 0 Å². The monoisotopic (exact) mass is 402 g/mol. The van der Waals surface area contributed by atoms with Crippen molar-refractivity contribution < 1.29 is 9.59 Å². The lowest BCUT2D eigenvalue weighted by atomic mass is 10.0. The first-order chi connectivity index (χ1) is 13.0. The number of rotatable bonds is 6.